The first-order chi connectivity index (χ1) is 28.5. The topological polar surface area (TPSA) is 190 Å². The molecule has 15 heteroatoms. The van der Waals surface area contributed by atoms with E-state index in [1.807, 2.05) is 72.8 Å². The molecule has 6 rings (SSSR count). The van der Waals surface area contributed by atoms with Crippen LogP contribution in [0.15, 0.2) is 84.9 Å². The lowest BCUT2D eigenvalue weighted by molar-refractivity contribution is -0.139. The molecule has 1 saturated heterocycles. The van der Waals surface area contributed by atoms with Crippen LogP contribution in [-0.2, 0) is 35.9 Å². The lowest BCUT2D eigenvalue weighted by atomic mass is 9.97. The number of nitrogens with zero attached hydrogens (tertiary/aromatic N) is 3. The Balaban J connectivity index is 1.18. The van der Waals surface area contributed by atoms with E-state index in [-0.39, 0.29) is 55.0 Å². The number of aromatic nitrogens is 1. The summed E-state index contributed by atoms with van der Waals surface area (Å²) in [5.41, 5.74) is 6.58. The minimum Gasteiger partial charge on any atom is -0.481 e. The van der Waals surface area contributed by atoms with Crippen LogP contribution in [0.4, 0.5) is 0 Å². The highest BCUT2D eigenvalue weighted by Crippen LogP contribution is 2.40. The van der Waals surface area contributed by atoms with Crippen LogP contribution in [0.2, 0.25) is 15.1 Å². The number of carboxylic acid groups (broad SMARTS) is 1. The summed E-state index contributed by atoms with van der Waals surface area (Å²) in [6.45, 7) is 1.40. The maximum absolute atomic E-state index is 11.5. The maximum atomic E-state index is 11.5. The fourth-order valence-electron chi connectivity index (χ4n) is 6.58. The summed E-state index contributed by atoms with van der Waals surface area (Å²) >= 11 is 20.8. The molecule has 1 fully saturated rings. The van der Waals surface area contributed by atoms with Gasteiger partial charge in [0.1, 0.15) is 18.2 Å². The molecule has 302 valence electrons. The van der Waals surface area contributed by atoms with Crippen LogP contribution in [0.1, 0.15) is 52.6 Å². The standard InChI is InChI=1S/C44H39Cl3N6O6/c45-38-16-32(21-51-23-34(54)17-40(56)57)43(58-24-29-14-27(18-48)13-28(15-29)19-49)53-44(38)59-25-31-3-1-5-36(41(31)46)37-6-2-4-35(42(37)47)30-9-7-26(8-10-30)20-50-22-33-11-12-39(55)52-33/h1-10,13-16,33-34,50-51,54H,11-12,17,20-25H2,(H,52,55)(H,56,57)/t33-,34-/m0/s1. The molecule has 59 heavy (non-hydrogen) atoms. The lowest BCUT2D eigenvalue weighted by Gasteiger charge is -2.17. The van der Waals surface area contributed by atoms with E-state index in [4.69, 9.17) is 49.4 Å². The molecule has 0 unspecified atom stereocenters. The van der Waals surface area contributed by atoms with Gasteiger partial charge in [-0.05, 0) is 47.4 Å². The third-order valence-corrected chi connectivity index (χ3v) is 10.6. The number of ether oxygens (including phenoxy) is 2. The van der Waals surface area contributed by atoms with Gasteiger partial charge in [-0.1, -0.05) is 95.5 Å². The summed E-state index contributed by atoms with van der Waals surface area (Å²) in [6.07, 6.45) is -0.140. The number of benzene rings is 4. The second-order valence-electron chi connectivity index (χ2n) is 13.9. The smallest absolute Gasteiger partial charge is 0.306 e. The van der Waals surface area contributed by atoms with Gasteiger partial charge in [0, 0.05) is 66.5 Å². The first kappa shape index (κ1) is 42.9. The third kappa shape index (κ3) is 11.5. The van der Waals surface area contributed by atoms with Crippen LogP contribution in [0.25, 0.3) is 22.3 Å². The van der Waals surface area contributed by atoms with Crippen molar-refractivity contribution in [1.29, 1.82) is 10.5 Å². The van der Waals surface area contributed by atoms with Crippen molar-refractivity contribution in [3.05, 3.63) is 133 Å². The van der Waals surface area contributed by atoms with Gasteiger partial charge < -0.3 is 35.6 Å². The number of amides is 1. The third-order valence-electron chi connectivity index (χ3n) is 9.52. The van der Waals surface area contributed by atoms with Crippen LogP contribution in [0.3, 0.4) is 0 Å². The molecule has 1 aliphatic rings. The maximum Gasteiger partial charge on any atom is 0.306 e. The Hall–Kier alpha value is -5.70. The minimum atomic E-state index is -1.13. The van der Waals surface area contributed by atoms with Gasteiger partial charge >= 0.3 is 5.97 Å². The van der Waals surface area contributed by atoms with E-state index in [0.29, 0.717) is 62.9 Å². The number of pyridine rings is 1. The van der Waals surface area contributed by atoms with Gasteiger partial charge in [-0.25, -0.2) is 0 Å². The first-order valence-corrected chi connectivity index (χ1v) is 19.8. The number of hydrogen-bond acceptors (Lipinski definition) is 10. The van der Waals surface area contributed by atoms with Crippen LogP contribution < -0.4 is 25.4 Å². The normalized spacial score (nSPS) is 13.9. The molecule has 1 aliphatic heterocycles. The van der Waals surface area contributed by atoms with Gasteiger partial charge in [0.15, 0.2) is 0 Å². The number of nitriles is 2. The molecule has 2 heterocycles. The van der Waals surface area contributed by atoms with Crippen molar-refractivity contribution < 1.29 is 29.3 Å². The number of aliphatic carboxylic acids is 1. The number of nitrogens with one attached hydrogen (secondary N) is 3. The zero-order valence-electron chi connectivity index (χ0n) is 31.6. The zero-order valence-corrected chi connectivity index (χ0v) is 33.9. The van der Waals surface area contributed by atoms with Crippen LogP contribution in [0, 0.1) is 22.7 Å². The van der Waals surface area contributed by atoms with Crippen LogP contribution >= 0.6 is 34.8 Å². The Morgan fingerprint density at radius 2 is 1.51 bits per heavy atom. The summed E-state index contributed by atoms with van der Waals surface area (Å²) in [7, 11) is 0. The summed E-state index contributed by atoms with van der Waals surface area (Å²) in [5, 5.41) is 48.4. The number of hydrogen-bond donors (Lipinski definition) is 5. The molecule has 0 bridgehead atoms. The number of rotatable bonds is 18. The average Bonchev–Trinajstić information content (AvgIpc) is 3.65. The van der Waals surface area contributed by atoms with Gasteiger partial charge in [-0.15, -0.1) is 0 Å². The summed E-state index contributed by atoms with van der Waals surface area (Å²) < 4.78 is 12.2. The molecule has 0 aliphatic carbocycles. The van der Waals surface area contributed by atoms with Crippen LogP contribution in [0.5, 0.6) is 11.8 Å². The number of aliphatic hydroxyl groups excluding tert-OH is 1. The summed E-state index contributed by atoms with van der Waals surface area (Å²) in [4.78, 5) is 27.0. The van der Waals surface area contributed by atoms with Crippen molar-refractivity contribution in [1.82, 2.24) is 20.9 Å². The Morgan fingerprint density at radius 3 is 2.19 bits per heavy atom. The minimum absolute atomic E-state index is 0.0204. The quantitative estimate of drug-likeness (QED) is 0.0585. The fourth-order valence-corrected chi connectivity index (χ4v) is 7.43. The van der Waals surface area contributed by atoms with E-state index < -0.39 is 18.5 Å². The number of carboxylic acids is 1. The van der Waals surface area contributed by atoms with E-state index in [0.717, 1.165) is 28.7 Å². The van der Waals surface area contributed by atoms with Crippen molar-refractivity contribution in [3.8, 4) is 46.2 Å². The number of carbonyl (C=O) groups excluding carboxylic acids is 1. The average molecular weight is 854 g/mol. The molecule has 12 nitrogen and oxygen atoms in total. The molecule has 1 amide bonds. The molecule has 0 spiro atoms. The van der Waals surface area contributed by atoms with E-state index in [1.54, 1.807) is 18.2 Å². The van der Waals surface area contributed by atoms with Crippen molar-refractivity contribution in [2.24, 2.45) is 0 Å². The predicted octanol–water partition coefficient (Wildman–Crippen LogP) is 7.57. The largest absolute Gasteiger partial charge is 0.481 e. The van der Waals surface area contributed by atoms with Gasteiger partial charge in [-0.2, -0.15) is 15.5 Å². The molecule has 0 saturated carbocycles. The van der Waals surface area contributed by atoms with Gasteiger partial charge in [0.2, 0.25) is 17.7 Å². The number of aliphatic hydroxyl groups is 1. The Bertz CT molecular complexity index is 2380. The highest BCUT2D eigenvalue weighted by atomic mass is 35.5. The monoisotopic (exact) mass is 852 g/mol. The molecule has 0 radical (unpaired) electrons. The Morgan fingerprint density at radius 1 is 0.831 bits per heavy atom. The molecular weight excluding hydrogens is 815 g/mol. The fraction of sp³-hybridized carbons (Fsp3) is 0.250. The number of halogens is 3. The Labute approximate surface area is 356 Å². The summed E-state index contributed by atoms with van der Waals surface area (Å²) in [6, 6.07) is 30.0. The van der Waals surface area contributed by atoms with Crippen molar-refractivity contribution in [3.63, 3.8) is 0 Å². The Kier molecular flexibility index (Phi) is 14.8. The van der Waals surface area contributed by atoms with Crippen molar-refractivity contribution in [2.75, 3.05) is 13.1 Å². The van der Waals surface area contributed by atoms with Gasteiger partial charge in [-0.3, -0.25) is 9.59 Å². The molecule has 2 atom stereocenters. The van der Waals surface area contributed by atoms with Gasteiger partial charge in [0.25, 0.3) is 0 Å². The first-order valence-electron chi connectivity index (χ1n) is 18.7. The lowest BCUT2D eigenvalue weighted by Crippen LogP contribution is -2.35. The molecular formula is C44H39Cl3N6O6. The van der Waals surface area contributed by atoms with E-state index >= 15 is 0 Å². The predicted molar refractivity (Wildman–Crippen MR) is 224 cm³/mol. The van der Waals surface area contributed by atoms with Crippen molar-refractivity contribution >= 4 is 46.7 Å². The van der Waals surface area contributed by atoms with Crippen molar-refractivity contribution in [2.45, 2.75) is 57.7 Å². The van der Waals surface area contributed by atoms with E-state index in [9.17, 15) is 25.2 Å². The highest BCUT2D eigenvalue weighted by molar-refractivity contribution is 6.38. The second kappa shape index (κ2) is 20.3. The summed E-state index contributed by atoms with van der Waals surface area (Å²) in [5.74, 6) is -0.862. The molecule has 1 aromatic heterocycles. The zero-order chi connectivity index (χ0) is 41.9. The second-order valence-corrected chi connectivity index (χ2v) is 15.1. The highest BCUT2D eigenvalue weighted by Gasteiger charge is 2.21. The van der Waals surface area contributed by atoms with Gasteiger partial charge in [0.05, 0.1) is 45.8 Å². The van der Waals surface area contributed by atoms with E-state index in [1.165, 1.54) is 6.07 Å². The SMILES string of the molecule is N#Cc1cc(C#N)cc(COc2nc(OCc3cccc(-c4cccc(-c5ccc(CNC[C@@H]6CCC(=O)N6)cc5)c4Cl)c3Cl)c(Cl)cc2CNC[C@@H](O)CC(=O)O)c1. The van der Waals surface area contributed by atoms with Crippen LogP contribution in [-0.4, -0.2) is 52.3 Å². The number of carbonyl (C=O) groups is 2. The molecule has 4 aromatic carbocycles. The molecule has 5 aromatic rings. The molecule has 5 N–H and O–H groups in total. The van der Waals surface area contributed by atoms with E-state index in [2.05, 4.69) is 20.9 Å².